The molecular weight excluding hydrogens is 478 g/mol. The molecule has 196 valence electrons. The topological polar surface area (TPSA) is 131 Å². The third-order valence-corrected chi connectivity index (χ3v) is 8.62. The number of nitrogens with zero attached hydrogens (tertiary/aromatic N) is 3. The molecule has 9 nitrogen and oxygen atoms in total. The van der Waals surface area contributed by atoms with Crippen LogP contribution in [-0.2, 0) is 21.2 Å². The first-order chi connectivity index (χ1) is 16.9. The average Bonchev–Trinajstić information content (AvgIpc) is 3.32. The molecule has 1 unspecified atom stereocenters. The van der Waals surface area contributed by atoms with Gasteiger partial charge in [-0.05, 0) is 62.2 Å². The van der Waals surface area contributed by atoms with E-state index in [1.807, 2.05) is 38.4 Å². The Morgan fingerprint density at radius 2 is 1.86 bits per heavy atom. The van der Waals surface area contributed by atoms with E-state index in [0.717, 1.165) is 16.3 Å². The fraction of sp³-hybridized carbons (Fsp3) is 0.462. The second-order valence-corrected chi connectivity index (χ2v) is 11.7. The van der Waals surface area contributed by atoms with Crippen LogP contribution in [0.2, 0.25) is 0 Å². The number of nitrogens with two attached hydrogens (primary N) is 1. The van der Waals surface area contributed by atoms with Gasteiger partial charge in [-0.1, -0.05) is 38.1 Å². The third kappa shape index (κ3) is 6.43. The number of rotatable bonds is 10. The highest BCUT2D eigenvalue weighted by Gasteiger charge is 2.33. The summed E-state index contributed by atoms with van der Waals surface area (Å²) < 4.78 is 28.5. The molecule has 10 heteroatoms. The second-order valence-electron chi connectivity index (χ2n) is 9.83. The van der Waals surface area contributed by atoms with Gasteiger partial charge < -0.3 is 20.6 Å². The van der Waals surface area contributed by atoms with Crippen LogP contribution >= 0.6 is 0 Å². The Balaban J connectivity index is 1.88. The highest BCUT2D eigenvalue weighted by Crippen LogP contribution is 2.28. The molecule has 0 aliphatic carbocycles. The van der Waals surface area contributed by atoms with E-state index in [4.69, 9.17) is 11.1 Å². The number of hydrogen-bond donors (Lipinski definition) is 3. The van der Waals surface area contributed by atoms with Crippen molar-refractivity contribution >= 4 is 21.8 Å². The number of amides is 1. The highest BCUT2D eigenvalue weighted by molar-refractivity contribution is 7.89. The van der Waals surface area contributed by atoms with E-state index in [-0.39, 0.29) is 41.3 Å². The lowest BCUT2D eigenvalue weighted by atomic mass is 10.0. The maximum absolute atomic E-state index is 13.7. The zero-order valence-electron chi connectivity index (χ0n) is 21.4. The molecule has 0 bridgehead atoms. The van der Waals surface area contributed by atoms with Crippen LogP contribution in [0.3, 0.4) is 0 Å². The molecule has 1 aliphatic rings. The van der Waals surface area contributed by atoms with E-state index in [1.165, 1.54) is 23.8 Å². The minimum atomic E-state index is -4.26. The Hall–Kier alpha value is -2.95. The molecule has 0 aromatic heterocycles. The van der Waals surface area contributed by atoms with Crippen molar-refractivity contribution in [3.05, 3.63) is 59.2 Å². The van der Waals surface area contributed by atoms with Crippen LogP contribution in [-0.4, -0.2) is 85.7 Å². The number of phenolic OH excluding ortho intramolecular Hbond substituents is 1. The fourth-order valence-electron chi connectivity index (χ4n) is 4.28. The number of benzene rings is 2. The van der Waals surface area contributed by atoms with Gasteiger partial charge in [0.25, 0.3) is 0 Å². The fourth-order valence-corrected chi connectivity index (χ4v) is 5.77. The van der Waals surface area contributed by atoms with E-state index < -0.39 is 15.8 Å². The molecule has 1 atom stereocenters. The highest BCUT2D eigenvalue weighted by atomic mass is 32.2. The van der Waals surface area contributed by atoms with Gasteiger partial charge in [0.15, 0.2) is 0 Å². The van der Waals surface area contributed by atoms with Gasteiger partial charge >= 0.3 is 0 Å². The minimum absolute atomic E-state index is 0.0593. The van der Waals surface area contributed by atoms with E-state index in [1.54, 1.807) is 4.90 Å². The average molecular weight is 516 g/mol. The van der Waals surface area contributed by atoms with Crippen molar-refractivity contribution in [2.75, 3.05) is 40.3 Å². The summed E-state index contributed by atoms with van der Waals surface area (Å²) >= 11 is 0. The first kappa shape index (κ1) is 27.6. The Labute approximate surface area is 214 Å². The van der Waals surface area contributed by atoms with Gasteiger partial charge in [0.1, 0.15) is 16.5 Å². The molecule has 36 heavy (non-hydrogen) atoms. The molecule has 4 N–H and O–H groups in total. The summed E-state index contributed by atoms with van der Waals surface area (Å²) in [5, 5.41) is 18.1. The van der Waals surface area contributed by atoms with Crippen molar-refractivity contribution in [1.82, 2.24) is 14.1 Å². The first-order valence-electron chi connectivity index (χ1n) is 12.1. The SMILES string of the molecule is CC(C)c1ccc(CCN(CC(=O)N2CCC(N(C)C)C2)S(=O)(=O)c2cc(C(=N)N)ccc2O)cc1. The van der Waals surface area contributed by atoms with Crippen LogP contribution in [0.4, 0.5) is 0 Å². The molecule has 2 aromatic carbocycles. The van der Waals surface area contributed by atoms with Crippen LogP contribution in [0.15, 0.2) is 47.4 Å². The van der Waals surface area contributed by atoms with Crippen LogP contribution in [0.25, 0.3) is 0 Å². The largest absolute Gasteiger partial charge is 0.507 e. The van der Waals surface area contributed by atoms with Gasteiger partial charge in [-0.2, -0.15) is 4.31 Å². The number of nitrogens with one attached hydrogen (secondary N) is 1. The quantitative estimate of drug-likeness (QED) is 0.328. The molecule has 0 saturated carbocycles. The van der Waals surface area contributed by atoms with Gasteiger partial charge in [0.2, 0.25) is 15.9 Å². The number of phenols is 1. The Morgan fingerprint density at radius 1 is 1.19 bits per heavy atom. The number of nitrogen functional groups attached to an aromatic ring is 1. The lowest BCUT2D eigenvalue weighted by molar-refractivity contribution is -0.130. The smallest absolute Gasteiger partial charge is 0.247 e. The predicted molar refractivity (Wildman–Crippen MR) is 141 cm³/mol. The molecule has 2 aromatic rings. The van der Waals surface area contributed by atoms with Gasteiger partial charge in [0, 0.05) is 31.2 Å². The van der Waals surface area contributed by atoms with E-state index in [0.29, 0.717) is 25.4 Å². The van der Waals surface area contributed by atoms with Gasteiger partial charge in [-0.25, -0.2) is 8.42 Å². The summed E-state index contributed by atoms with van der Waals surface area (Å²) in [5.74, 6) is -0.657. The van der Waals surface area contributed by atoms with Crippen molar-refractivity contribution in [1.29, 1.82) is 5.41 Å². The van der Waals surface area contributed by atoms with Crippen LogP contribution in [0.1, 0.15) is 42.9 Å². The maximum Gasteiger partial charge on any atom is 0.247 e. The zero-order chi connectivity index (χ0) is 26.6. The monoisotopic (exact) mass is 515 g/mol. The summed E-state index contributed by atoms with van der Waals surface area (Å²) in [6.45, 7) is 5.05. The zero-order valence-corrected chi connectivity index (χ0v) is 22.3. The lowest BCUT2D eigenvalue weighted by Crippen LogP contribution is -2.44. The number of likely N-dealkylation sites (N-methyl/N-ethyl adjacent to an activating group) is 1. The van der Waals surface area contributed by atoms with Crippen LogP contribution in [0.5, 0.6) is 5.75 Å². The lowest BCUT2D eigenvalue weighted by Gasteiger charge is -2.26. The number of carbonyl (C=O) groups is 1. The summed E-state index contributed by atoms with van der Waals surface area (Å²) in [6, 6.07) is 12.0. The molecule has 1 heterocycles. The van der Waals surface area contributed by atoms with Crippen molar-refractivity contribution in [2.24, 2.45) is 5.73 Å². The number of aromatic hydroxyl groups is 1. The third-order valence-electron chi connectivity index (χ3n) is 6.74. The van der Waals surface area contributed by atoms with Crippen molar-refractivity contribution in [3.8, 4) is 5.75 Å². The molecule has 0 spiro atoms. The van der Waals surface area contributed by atoms with Crippen molar-refractivity contribution in [2.45, 2.75) is 43.5 Å². The van der Waals surface area contributed by atoms with Crippen LogP contribution < -0.4 is 5.73 Å². The van der Waals surface area contributed by atoms with Crippen molar-refractivity contribution < 1.29 is 18.3 Å². The molecule has 1 amide bonds. The second kappa shape index (κ2) is 11.4. The van der Waals surface area contributed by atoms with E-state index in [2.05, 4.69) is 18.7 Å². The summed E-state index contributed by atoms with van der Waals surface area (Å²) in [7, 11) is -0.335. The number of amidine groups is 1. The Morgan fingerprint density at radius 3 is 2.42 bits per heavy atom. The van der Waals surface area contributed by atoms with Gasteiger partial charge in [-0.3, -0.25) is 10.2 Å². The minimum Gasteiger partial charge on any atom is -0.507 e. The standard InChI is InChI=1S/C26H37N5O4S/c1-18(2)20-7-5-19(6-8-20)11-14-31(17-25(33)30-13-12-22(16-30)29(3)4)36(34,35)24-15-21(26(27)28)9-10-23(24)32/h5-10,15,18,22,32H,11-14,16-17H2,1-4H3,(H3,27,28). The molecular formula is C26H37N5O4S. The maximum atomic E-state index is 13.7. The molecule has 1 saturated heterocycles. The molecule has 0 radical (unpaired) electrons. The number of likely N-dealkylation sites (tertiary alicyclic amines) is 1. The summed E-state index contributed by atoms with van der Waals surface area (Å²) in [4.78, 5) is 16.6. The van der Waals surface area contributed by atoms with Crippen LogP contribution in [0, 0.1) is 5.41 Å². The predicted octanol–water partition coefficient (Wildman–Crippen LogP) is 2.20. The molecule has 1 fully saturated rings. The first-order valence-corrected chi connectivity index (χ1v) is 13.5. The Bertz CT molecular complexity index is 1200. The number of carbonyl (C=O) groups excluding carboxylic acids is 1. The summed E-state index contributed by atoms with van der Waals surface area (Å²) in [6.07, 6.45) is 1.23. The molecule has 3 rings (SSSR count). The molecule has 1 aliphatic heterocycles. The van der Waals surface area contributed by atoms with Gasteiger partial charge in [0.05, 0.1) is 6.54 Å². The number of hydrogen-bond acceptors (Lipinski definition) is 6. The van der Waals surface area contributed by atoms with Crippen molar-refractivity contribution in [3.63, 3.8) is 0 Å². The van der Waals surface area contributed by atoms with E-state index >= 15 is 0 Å². The normalized spacial score (nSPS) is 16.3. The number of sulfonamides is 1. The van der Waals surface area contributed by atoms with E-state index in [9.17, 15) is 18.3 Å². The summed E-state index contributed by atoms with van der Waals surface area (Å²) in [5.41, 5.74) is 7.86. The van der Waals surface area contributed by atoms with Gasteiger partial charge in [-0.15, -0.1) is 0 Å². The Kier molecular flexibility index (Phi) is 8.76.